The maximum absolute atomic E-state index is 14.6. The maximum atomic E-state index is 14.6. The number of unbranched alkanes of at least 4 members (excludes halogenated alkanes) is 1. The molecule has 0 spiro atoms. The summed E-state index contributed by atoms with van der Waals surface area (Å²) < 4.78 is 33.4. The van der Waals surface area contributed by atoms with Crippen LogP contribution in [-0.2, 0) is 22.4 Å². The zero-order valence-corrected chi connectivity index (χ0v) is 21.5. The van der Waals surface area contributed by atoms with Crippen molar-refractivity contribution in [1.82, 2.24) is 14.7 Å². The Bertz CT molecular complexity index is 1040. The molecule has 196 valence electrons. The van der Waals surface area contributed by atoms with Crippen molar-refractivity contribution in [3.63, 3.8) is 0 Å². The van der Waals surface area contributed by atoms with Crippen molar-refractivity contribution in [2.45, 2.75) is 45.8 Å². The van der Waals surface area contributed by atoms with E-state index in [1.807, 2.05) is 37.3 Å². The second-order valence-electron chi connectivity index (χ2n) is 8.67. The largest absolute Gasteiger partial charge is 0.435 e. The first-order chi connectivity index (χ1) is 17.6. The van der Waals surface area contributed by atoms with Crippen molar-refractivity contribution in [3.8, 4) is 17.3 Å². The van der Waals surface area contributed by atoms with Gasteiger partial charge in [0.05, 0.1) is 36.3 Å². The number of hydrogen-bond donors (Lipinski definition) is 1. The first-order valence-electron chi connectivity index (χ1n) is 12.6. The molecule has 1 atom stereocenters. The van der Waals surface area contributed by atoms with E-state index in [0.717, 1.165) is 29.8 Å². The lowest BCUT2D eigenvalue weighted by molar-refractivity contribution is 0.0100. The van der Waals surface area contributed by atoms with E-state index in [1.54, 1.807) is 30.0 Å². The van der Waals surface area contributed by atoms with Crippen LogP contribution in [0.1, 0.15) is 37.9 Å². The highest BCUT2D eigenvalue weighted by atomic mass is 19.1. The topological polar surface area (TPSA) is 69.0 Å². The van der Waals surface area contributed by atoms with Gasteiger partial charge in [0, 0.05) is 33.4 Å². The Hall–Kier alpha value is -2.78. The van der Waals surface area contributed by atoms with Gasteiger partial charge in [0.25, 0.3) is 0 Å². The first-order valence-corrected chi connectivity index (χ1v) is 12.6. The molecule has 0 fully saturated rings. The van der Waals surface area contributed by atoms with Crippen molar-refractivity contribution in [1.29, 1.82) is 0 Å². The number of aliphatic hydroxyl groups is 1. The Morgan fingerprint density at radius 3 is 2.50 bits per heavy atom. The van der Waals surface area contributed by atoms with Crippen LogP contribution in [0, 0.1) is 5.82 Å². The first kappa shape index (κ1) is 27.8. The smallest absolute Gasteiger partial charge is 0.227 e. The van der Waals surface area contributed by atoms with Gasteiger partial charge in [0.15, 0.2) is 11.6 Å². The van der Waals surface area contributed by atoms with Gasteiger partial charge in [0.2, 0.25) is 5.88 Å². The van der Waals surface area contributed by atoms with E-state index in [4.69, 9.17) is 19.3 Å². The van der Waals surface area contributed by atoms with Crippen molar-refractivity contribution in [2.75, 3.05) is 40.0 Å². The highest BCUT2D eigenvalue weighted by Crippen LogP contribution is 2.33. The van der Waals surface area contributed by atoms with Gasteiger partial charge >= 0.3 is 0 Å². The molecule has 1 heterocycles. The van der Waals surface area contributed by atoms with Crippen LogP contribution in [0.15, 0.2) is 54.6 Å². The van der Waals surface area contributed by atoms with Gasteiger partial charge in [-0.25, -0.2) is 9.07 Å². The van der Waals surface area contributed by atoms with Gasteiger partial charge in [-0.1, -0.05) is 50.6 Å². The molecular weight excluding hydrogens is 461 g/mol. The van der Waals surface area contributed by atoms with Gasteiger partial charge in [-0.05, 0) is 37.1 Å². The number of para-hydroxylation sites is 2. The lowest BCUT2D eigenvalue weighted by atomic mass is 10.1. The molecule has 0 radical (unpaired) electrons. The molecule has 7 nitrogen and oxygen atoms in total. The SMILES string of the molecule is CCCCOC[C@@H](O)CN(CCOC)Cc1c(CC)nn(-c2ccccc2)c1Oc1ccccc1F. The van der Waals surface area contributed by atoms with Crippen LogP contribution in [0.3, 0.4) is 0 Å². The van der Waals surface area contributed by atoms with Crippen LogP contribution in [0.2, 0.25) is 0 Å². The summed E-state index contributed by atoms with van der Waals surface area (Å²) in [5.41, 5.74) is 2.51. The number of benzene rings is 2. The summed E-state index contributed by atoms with van der Waals surface area (Å²) in [5, 5.41) is 15.5. The quantitative estimate of drug-likeness (QED) is 0.280. The van der Waals surface area contributed by atoms with E-state index < -0.39 is 11.9 Å². The Morgan fingerprint density at radius 2 is 1.81 bits per heavy atom. The predicted octanol–water partition coefficient (Wildman–Crippen LogP) is 4.99. The standard InChI is InChI=1S/C28H38FN3O4/c1-4-6-17-35-21-23(33)19-31(16-18-34-3)20-24-26(5-2)30-32(22-12-8-7-9-13-22)28(24)36-27-15-11-10-14-25(27)29/h7-15,23,33H,4-6,16-21H2,1-3H3/t23-/m0/s1. The summed E-state index contributed by atoms with van der Waals surface area (Å²) >= 11 is 0. The van der Waals surface area contributed by atoms with Crippen molar-refractivity contribution < 1.29 is 23.7 Å². The Balaban J connectivity index is 1.93. The number of aryl methyl sites for hydroxylation is 1. The Labute approximate surface area is 213 Å². The summed E-state index contributed by atoms with van der Waals surface area (Å²) in [4.78, 5) is 2.09. The van der Waals surface area contributed by atoms with Gasteiger partial charge in [-0.3, -0.25) is 4.90 Å². The molecule has 8 heteroatoms. The molecule has 3 aromatic rings. The fourth-order valence-electron chi connectivity index (χ4n) is 3.90. The van der Waals surface area contributed by atoms with E-state index >= 15 is 0 Å². The molecule has 0 aliphatic heterocycles. The molecule has 1 N–H and O–H groups in total. The monoisotopic (exact) mass is 499 g/mol. The molecule has 1 aromatic heterocycles. The van der Waals surface area contributed by atoms with Gasteiger partial charge in [0.1, 0.15) is 0 Å². The Kier molecular flexibility index (Phi) is 11.4. The fraction of sp³-hybridized carbons (Fsp3) is 0.464. The number of ether oxygens (including phenoxy) is 3. The zero-order valence-electron chi connectivity index (χ0n) is 21.5. The van der Waals surface area contributed by atoms with Crippen LogP contribution < -0.4 is 4.74 Å². The van der Waals surface area contributed by atoms with E-state index in [0.29, 0.717) is 45.1 Å². The lowest BCUT2D eigenvalue weighted by Gasteiger charge is -2.25. The average Bonchev–Trinajstić information content (AvgIpc) is 3.23. The maximum Gasteiger partial charge on any atom is 0.227 e. The molecule has 0 unspecified atom stereocenters. The molecule has 0 bridgehead atoms. The molecule has 36 heavy (non-hydrogen) atoms. The highest BCUT2D eigenvalue weighted by Gasteiger charge is 2.24. The minimum Gasteiger partial charge on any atom is -0.435 e. The summed E-state index contributed by atoms with van der Waals surface area (Å²) in [7, 11) is 1.65. The second kappa shape index (κ2) is 14.7. The van der Waals surface area contributed by atoms with Crippen LogP contribution in [0.4, 0.5) is 4.39 Å². The van der Waals surface area contributed by atoms with E-state index in [2.05, 4.69) is 11.8 Å². The molecule has 0 amide bonds. The van der Waals surface area contributed by atoms with Gasteiger partial charge in [-0.2, -0.15) is 5.10 Å². The Morgan fingerprint density at radius 1 is 1.06 bits per heavy atom. The van der Waals surface area contributed by atoms with Gasteiger partial charge < -0.3 is 19.3 Å². The number of aromatic nitrogens is 2. The minimum absolute atomic E-state index is 0.131. The molecular formula is C28H38FN3O4. The number of hydrogen-bond acceptors (Lipinski definition) is 6. The molecule has 0 saturated heterocycles. The normalized spacial score (nSPS) is 12.3. The summed E-state index contributed by atoms with van der Waals surface area (Å²) in [6.07, 6.45) is 2.04. The third kappa shape index (κ3) is 7.86. The van der Waals surface area contributed by atoms with Gasteiger partial charge in [-0.15, -0.1) is 0 Å². The van der Waals surface area contributed by atoms with E-state index in [1.165, 1.54) is 6.07 Å². The van der Waals surface area contributed by atoms with Crippen LogP contribution in [-0.4, -0.2) is 65.9 Å². The molecule has 2 aromatic carbocycles. The van der Waals surface area contributed by atoms with Crippen molar-refractivity contribution in [2.24, 2.45) is 0 Å². The number of halogens is 1. The van der Waals surface area contributed by atoms with Crippen LogP contribution in [0.25, 0.3) is 5.69 Å². The summed E-state index contributed by atoms with van der Waals surface area (Å²) in [6, 6.07) is 16.0. The number of methoxy groups -OCH3 is 1. The second-order valence-corrected chi connectivity index (χ2v) is 8.67. The number of nitrogens with zero attached hydrogens (tertiary/aromatic N) is 3. The zero-order chi connectivity index (χ0) is 25.8. The molecule has 0 saturated carbocycles. The molecule has 0 aliphatic carbocycles. The van der Waals surface area contributed by atoms with E-state index in [-0.39, 0.29) is 12.4 Å². The van der Waals surface area contributed by atoms with Crippen LogP contribution >= 0.6 is 0 Å². The van der Waals surface area contributed by atoms with Crippen molar-refractivity contribution in [3.05, 3.63) is 71.7 Å². The third-order valence-electron chi connectivity index (χ3n) is 5.81. The average molecular weight is 500 g/mol. The predicted molar refractivity (Wildman–Crippen MR) is 138 cm³/mol. The van der Waals surface area contributed by atoms with Crippen LogP contribution in [0.5, 0.6) is 11.6 Å². The van der Waals surface area contributed by atoms with Crippen molar-refractivity contribution >= 4 is 0 Å². The number of aliphatic hydroxyl groups excluding tert-OH is 1. The number of rotatable bonds is 16. The molecule has 0 aliphatic rings. The minimum atomic E-state index is -0.649. The molecule has 3 rings (SSSR count). The third-order valence-corrected chi connectivity index (χ3v) is 5.81. The summed E-state index contributed by atoms with van der Waals surface area (Å²) in [5.74, 6) is 0.142. The summed E-state index contributed by atoms with van der Waals surface area (Å²) in [6.45, 7) is 6.99. The highest BCUT2D eigenvalue weighted by molar-refractivity contribution is 5.44. The van der Waals surface area contributed by atoms with E-state index in [9.17, 15) is 9.50 Å². The fourth-order valence-corrected chi connectivity index (χ4v) is 3.90. The lowest BCUT2D eigenvalue weighted by Crippen LogP contribution is -2.37.